The molecule has 0 bridgehead atoms. The molecule has 4 rings (SSSR count). The minimum absolute atomic E-state index is 0. The van der Waals surface area contributed by atoms with E-state index in [-0.39, 0.29) is 119 Å². The Bertz CT molecular complexity index is 1870. The van der Waals surface area contributed by atoms with Gasteiger partial charge in [0.1, 0.15) is 26.4 Å². The van der Waals surface area contributed by atoms with Gasteiger partial charge in [-0.15, -0.1) is 10.2 Å². The van der Waals surface area contributed by atoms with Gasteiger partial charge in [0, 0.05) is 5.69 Å². The van der Waals surface area contributed by atoms with Crippen molar-refractivity contribution < 1.29 is 134 Å². The minimum Gasteiger partial charge on any atom is -0.872 e. The number of fused-ring (bicyclic) bond motifs is 1. The van der Waals surface area contributed by atoms with Gasteiger partial charge in [-0.25, -0.2) is 8.42 Å². The number of nitrogen functional groups attached to an aromatic ring is 3. The largest absolute Gasteiger partial charge is 1.00 e. The predicted octanol–water partition coefficient (Wildman–Crippen LogP) is -2.35. The normalized spacial score (nSPS) is 11.9. The van der Waals surface area contributed by atoms with Crippen molar-refractivity contribution >= 4 is 70.8 Å². The average Bonchev–Trinajstić information content (AvgIpc) is 2.82. The Labute approximate surface area is 313 Å². The molecule has 0 heterocycles. The van der Waals surface area contributed by atoms with E-state index in [0.29, 0.717) is 28.8 Å². The van der Waals surface area contributed by atoms with Crippen molar-refractivity contribution in [2.75, 3.05) is 17.2 Å². The Morgan fingerprint density at radius 1 is 0.750 bits per heavy atom. The summed E-state index contributed by atoms with van der Waals surface area (Å²) in [6, 6.07) is 12.9. The monoisotopic (exact) mass is 633 g/mol. The first-order chi connectivity index (χ1) is 17.7. The van der Waals surface area contributed by atoms with E-state index < -0.39 is 47.2 Å². The molecular formula is C22H17K2N7O7S2. The summed E-state index contributed by atoms with van der Waals surface area (Å²) in [7, 11) is -10.0. The van der Waals surface area contributed by atoms with Gasteiger partial charge in [-0.05, 0) is 65.4 Å². The van der Waals surface area contributed by atoms with Gasteiger partial charge in [-0.3, -0.25) is 4.55 Å². The van der Waals surface area contributed by atoms with Crippen LogP contribution in [0.25, 0.3) is 10.8 Å². The molecule has 0 spiro atoms. The molecule has 0 unspecified atom stereocenters. The van der Waals surface area contributed by atoms with E-state index in [1.54, 1.807) is 12.1 Å². The molecule has 0 saturated heterocycles. The molecule has 0 aliphatic rings. The molecule has 196 valence electrons. The van der Waals surface area contributed by atoms with Crippen LogP contribution in [-0.2, 0) is 20.2 Å². The fourth-order valence-electron chi connectivity index (χ4n) is 3.39. The summed E-state index contributed by atoms with van der Waals surface area (Å²) in [5.74, 6) is -0.968. The molecule has 0 aliphatic heterocycles. The first-order valence-corrected chi connectivity index (χ1v) is 13.2. The molecule has 14 nitrogen and oxygen atoms in total. The summed E-state index contributed by atoms with van der Waals surface area (Å²) in [6.07, 6.45) is 0. The van der Waals surface area contributed by atoms with E-state index in [4.69, 9.17) is 17.2 Å². The second-order valence-electron chi connectivity index (χ2n) is 7.82. The first kappa shape index (κ1) is 34.8. The maximum absolute atomic E-state index is 12.5. The Morgan fingerprint density at radius 3 is 1.85 bits per heavy atom. The Kier molecular flexibility index (Phi) is 12.0. The van der Waals surface area contributed by atoms with Gasteiger partial charge < -0.3 is 26.9 Å². The van der Waals surface area contributed by atoms with Gasteiger partial charge in [-0.1, -0.05) is 11.8 Å². The van der Waals surface area contributed by atoms with Gasteiger partial charge in [-0.2, -0.15) is 18.6 Å². The third-order valence-electron chi connectivity index (χ3n) is 5.16. The van der Waals surface area contributed by atoms with E-state index in [0.717, 1.165) is 12.1 Å². The predicted molar refractivity (Wildman–Crippen MR) is 136 cm³/mol. The molecule has 0 aliphatic carbocycles. The van der Waals surface area contributed by atoms with Crippen molar-refractivity contribution in [1.29, 1.82) is 0 Å². The van der Waals surface area contributed by atoms with Crippen LogP contribution in [0.15, 0.2) is 90.9 Å². The second-order valence-corrected chi connectivity index (χ2v) is 10.6. The second kappa shape index (κ2) is 13.7. The molecule has 0 aromatic heterocycles. The zero-order valence-electron chi connectivity index (χ0n) is 21.0. The number of azo groups is 2. The SMILES string of the molecule is Nc1ccc(N=Nc2ccc(N=Nc3c(S(=O)(=O)O)cc4cc(S(=O)(=O)[O-])cc([O-])c4c3N)cc2)c(N)c1.[K+].[K+]. The smallest absolute Gasteiger partial charge is 0.872 e. The van der Waals surface area contributed by atoms with Crippen molar-refractivity contribution in [1.82, 2.24) is 0 Å². The Balaban J connectivity index is 0.00000280. The molecule has 7 N–H and O–H groups in total. The van der Waals surface area contributed by atoms with Crippen molar-refractivity contribution in [3.8, 4) is 5.75 Å². The van der Waals surface area contributed by atoms with Crippen molar-refractivity contribution in [2.45, 2.75) is 9.79 Å². The standard InChI is InChI=1S/C22H19N7O7S2.2K/c23-12-1-6-17(16(24)9-12)28-26-13-2-4-14(5-3-13)27-29-22-19(38(34,35)36)8-11-7-15(37(31,32)33)10-18(30)20(11)21(22)25;;/h1-10,30H,23-25H2,(H,31,32,33)(H,34,35,36);;/q;2*+1/p-2. The summed E-state index contributed by atoms with van der Waals surface area (Å²) < 4.78 is 67.7. The molecule has 40 heavy (non-hydrogen) atoms. The molecule has 18 heteroatoms. The van der Waals surface area contributed by atoms with Crippen molar-refractivity contribution in [3.05, 3.63) is 60.7 Å². The topological polar surface area (TPSA) is 262 Å². The van der Waals surface area contributed by atoms with Crippen LogP contribution in [0.2, 0.25) is 0 Å². The molecule has 4 aromatic rings. The van der Waals surface area contributed by atoms with Crippen molar-refractivity contribution in [3.63, 3.8) is 0 Å². The van der Waals surface area contributed by atoms with E-state index in [9.17, 15) is 31.0 Å². The number of hydrogen-bond acceptors (Lipinski definition) is 13. The number of rotatable bonds is 6. The average molecular weight is 634 g/mol. The van der Waals surface area contributed by atoms with Gasteiger partial charge in [0.2, 0.25) is 0 Å². The molecule has 0 amide bonds. The third kappa shape index (κ3) is 8.13. The van der Waals surface area contributed by atoms with Crippen LogP contribution < -0.4 is 125 Å². The molecule has 0 saturated carbocycles. The zero-order valence-corrected chi connectivity index (χ0v) is 28.9. The van der Waals surface area contributed by atoms with Crippen LogP contribution in [0, 0.1) is 0 Å². The third-order valence-corrected chi connectivity index (χ3v) is 6.84. The van der Waals surface area contributed by atoms with Gasteiger partial charge in [0.25, 0.3) is 10.1 Å². The molecule has 4 aromatic carbocycles. The van der Waals surface area contributed by atoms with E-state index in [2.05, 4.69) is 20.5 Å². The maximum Gasteiger partial charge on any atom is 1.00 e. The molecule has 0 radical (unpaired) electrons. The molecule has 0 atom stereocenters. The number of nitrogens with two attached hydrogens (primary N) is 3. The maximum atomic E-state index is 12.5. The van der Waals surface area contributed by atoms with Crippen LogP contribution >= 0.6 is 0 Å². The fraction of sp³-hybridized carbons (Fsp3) is 0. The van der Waals surface area contributed by atoms with Gasteiger partial charge in [0.15, 0.2) is 0 Å². The van der Waals surface area contributed by atoms with Gasteiger partial charge >= 0.3 is 103 Å². The summed E-state index contributed by atoms with van der Waals surface area (Å²) >= 11 is 0. The summed E-state index contributed by atoms with van der Waals surface area (Å²) in [4.78, 5) is -1.74. The molecule has 0 fully saturated rings. The van der Waals surface area contributed by atoms with Crippen LogP contribution in [0.5, 0.6) is 5.75 Å². The number of benzene rings is 4. The Morgan fingerprint density at radius 2 is 1.32 bits per heavy atom. The molecular weight excluding hydrogens is 617 g/mol. The first-order valence-electron chi connectivity index (χ1n) is 10.3. The van der Waals surface area contributed by atoms with Crippen LogP contribution in [0.4, 0.5) is 39.8 Å². The fourth-order valence-corrected chi connectivity index (χ4v) is 4.58. The zero-order chi connectivity index (χ0) is 27.8. The van der Waals surface area contributed by atoms with E-state index in [1.807, 2.05) is 0 Å². The van der Waals surface area contributed by atoms with E-state index >= 15 is 0 Å². The van der Waals surface area contributed by atoms with Crippen LogP contribution in [0.3, 0.4) is 0 Å². The number of hydrogen-bond donors (Lipinski definition) is 4. The number of anilines is 3. The minimum atomic E-state index is -5.03. The van der Waals surface area contributed by atoms with E-state index in [1.165, 1.54) is 30.3 Å². The number of nitrogens with zero attached hydrogens (tertiary/aromatic N) is 4. The Hall–Kier alpha value is -1.37. The quantitative estimate of drug-likeness (QED) is 0.0760. The summed E-state index contributed by atoms with van der Waals surface area (Å²) in [5.41, 5.74) is 18.3. The van der Waals surface area contributed by atoms with Gasteiger partial charge in [0.05, 0.1) is 27.6 Å². The van der Waals surface area contributed by atoms with Crippen LogP contribution in [-0.4, -0.2) is 25.9 Å². The summed E-state index contributed by atoms with van der Waals surface area (Å²) in [5, 5.41) is 27.7. The van der Waals surface area contributed by atoms with Crippen molar-refractivity contribution in [2.24, 2.45) is 20.5 Å². The van der Waals surface area contributed by atoms with Crippen LogP contribution in [0.1, 0.15) is 0 Å². The summed E-state index contributed by atoms with van der Waals surface area (Å²) in [6.45, 7) is 0.